The van der Waals surface area contributed by atoms with Crippen molar-refractivity contribution in [3.63, 3.8) is 0 Å². The van der Waals surface area contributed by atoms with Crippen molar-refractivity contribution in [2.75, 3.05) is 0 Å². The lowest BCUT2D eigenvalue weighted by atomic mass is 10.2. The van der Waals surface area contributed by atoms with Crippen LogP contribution in [0.3, 0.4) is 0 Å². The summed E-state index contributed by atoms with van der Waals surface area (Å²) in [6, 6.07) is 2.04. The van der Waals surface area contributed by atoms with Crippen LogP contribution in [0.25, 0.3) is 9.88 Å². The molecule has 0 spiro atoms. The predicted molar refractivity (Wildman–Crippen MR) is 105 cm³/mol. The van der Waals surface area contributed by atoms with Crippen LogP contribution < -0.4 is 5.32 Å². The Bertz CT molecular complexity index is 837. The zero-order valence-corrected chi connectivity index (χ0v) is 17.2. The molecule has 0 aliphatic carbocycles. The topological polar surface area (TPSA) is 54.9 Å². The van der Waals surface area contributed by atoms with Crippen LogP contribution in [0, 0.1) is 0 Å². The van der Waals surface area contributed by atoms with Crippen molar-refractivity contribution in [1.82, 2.24) is 15.3 Å². The van der Waals surface area contributed by atoms with Crippen molar-refractivity contribution in [3.05, 3.63) is 43.1 Å². The molecule has 3 rings (SSSR count). The van der Waals surface area contributed by atoms with Crippen LogP contribution in [0.4, 0.5) is 0 Å². The van der Waals surface area contributed by atoms with Crippen molar-refractivity contribution in [2.45, 2.75) is 32.7 Å². The number of hydrogen-bond donors (Lipinski definition) is 1. The van der Waals surface area contributed by atoms with Crippen LogP contribution in [0.2, 0.25) is 0 Å². The van der Waals surface area contributed by atoms with Crippen LogP contribution in [-0.4, -0.2) is 15.9 Å². The maximum atomic E-state index is 12.1. The van der Waals surface area contributed by atoms with E-state index >= 15 is 0 Å². The number of rotatable bonds is 6. The maximum Gasteiger partial charge on any atom is 0.226 e. The van der Waals surface area contributed by atoms with Gasteiger partial charge in [-0.1, -0.05) is 13.8 Å². The van der Waals surface area contributed by atoms with E-state index in [1.807, 2.05) is 22.2 Å². The lowest BCUT2D eigenvalue weighted by Gasteiger charge is -2.02. The summed E-state index contributed by atoms with van der Waals surface area (Å²) >= 11 is 8.30. The van der Waals surface area contributed by atoms with Crippen molar-refractivity contribution < 1.29 is 4.79 Å². The smallest absolute Gasteiger partial charge is 0.226 e. The molecule has 0 aliphatic rings. The third-order valence-corrected chi connectivity index (χ3v) is 7.15. The maximum absolute atomic E-state index is 12.1. The molecule has 0 fully saturated rings. The normalized spacial score (nSPS) is 11.2. The highest BCUT2D eigenvalue weighted by Gasteiger charge is 2.11. The summed E-state index contributed by atoms with van der Waals surface area (Å²) in [4.78, 5) is 22.3. The molecule has 0 aliphatic heterocycles. The van der Waals surface area contributed by atoms with Gasteiger partial charge in [-0.25, -0.2) is 9.97 Å². The second-order valence-electron chi connectivity index (χ2n) is 5.56. The first kappa shape index (κ1) is 17.7. The highest BCUT2D eigenvalue weighted by molar-refractivity contribution is 9.10. The minimum absolute atomic E-state index is 0.0293. The molecule has 1 amide bonds. The Hall–Kier alpha value is -1.09. The van der Waals surface area contributed by atoms with Crippen molar-refractivity contribution in [1.29, 1.82) is 0 Å². The highest BCUT2D eigenvalue weighted by Crippen LogP contribution is 2.32. The van der Waals surface area contributed by atoms with E-state index < -0.39 is 0 Å². The summed E-state index contributed by atoms with van der Waals surface area (Å²) in [5, 5.41) is 11.0. The molecular formula is C16H16BrN3OS3. The van der Waals surface area contributed by atoms with Gasteiger partial charge in [-0.2, -0.15) is 0 Å². The van der Waals surface area contributed by atoms with E-state index in [2.05, 4.69) is 45.1 Å². The average molecular weight is 442 g/mol. The standard InChI is InChI=1S/C16H16BrN3OS3/c1-9(2)15-20-12(8-23-15)5-18-14(21)4-11-7-24-16(19-11)13-3-10(17)6-22-13/h3,6-9H,4-5H2,1-2H3,(H,18,21). The molecule has 126 valence electrons. The number of nitrogens with zero attached hydrogens (tertiary/aromatic N) is 2. The molecule has 4 nitrogen and oxygen atoms in total. The van der Waals surface area contributed by atoms with E-state index in [9.17, 15) is 4.79 Å². The number of hydrogen-bond acceptors (Lipinski definition) is 6. The van der Waals surface area contributed by atoms with Gasteiger partial charge in [0.1, 0.15) is 5.01 Å². The number of thiophene rings is 1. The molecule has 0 atom stereocenters. The third kappa shape index (κ3) is 4.50. The Labute approximate surface area is 161 Å². The molecule has 3 aromatic heterocycles. The van der Waals surface area contributed by atoms with Gasteiger partial charge < -0.3 is 5.32 Å². The van der Waals surface area contributed by atoms with E-state index in [0.29, 0.717) is 18.9 Å². The summed E-state index contributed by atoms with van der Waals surface area (Å²) in [7, 11) is 0. The van der Waals surface area contributed by atoms with Crippen LogP contribution in [-0.2, 0) is 17.8 Å². The first-order valence-electron chi connectivity index (χ1n) is 7.41. The minimum Gasteiger partial charge on any atom is -0.350 e. The Morgan fingerprint density at radius 2 is 1.96 bits per heavy atom. The number of carbonyl (C=O) groups is 1. The second-order valence-corrected chi connectivity index (χ2v) is 9.13. The van der Waals surface area contributed by atoms with E-state index in [0.717, 1.165) is 30.8 Å². The first-order chi connectivity index (χ1) is 11.5. The summed E-state index contributed by atoms with van der Waals surface area (Å²) < 4.78 is 1.06. The molecule has 3 aromatic rings. The molecule has 0 aromatic carbocycles. The van der Waals surface area contributed by atoms with Crippen LogP contribution in [0.15, 0.2) is 26.7 Å². The summed E-state index contributed by atoms with van der Waals surface area (Å²) in [6.07, 6.45) is 0.296. The zero-order chi connectivity index (χ0) is 17.1. The first-order valence-corrected chi connectivity index (χ1v) is 10.8. The lowest BCUT2D eigenvalue weighted by molar-refractivity contribution is -0.120. The van der Waals surface area contributed by atoms with Gasteiger partial charge in [0.05, 0.1) is 34.2 Å². The lowest BCUT2D eigenvalue weighted by Crippen LogP contribution is -2.24. The fraction of sp³-hybridized carbons (Fsp3) is 0.312. The van der Waals surface area contributed by atoms with Gasteiger partial charge >= 0.3 is 0 Å². The fourth-order valence-corrected chi connectivity index (χ4v) is 5.17. The van der Waals surface area contributed by atoms with Gasteiger partial charge in [0.25, 0.3) is 0 Å². The van der Waals surface area contributed by atoms with Gasteiger partial charge in [-0.3, -0.25) is 4.79 Å². The van der Waals surface area contributed by atoms with Gasteiger partial charge in [0.2, 0.25) is 5.91 Å². The summed E-state index contributed by atoms with van der Waals surface area (Å²) in [6.45, 7) is 4.71. The Balaban J connectivity index is 1.54. The monoisotopic (exact) mass is 441 g/mol. The number of thiazole rings is 2. The molecular weight excluding hydrogens is 426 g/mol. The highest BCUT2D eigenvalue weighted by atomic mass is 79.9. The minimum atomic E-state index is -0.0293. The van der Waals surface area contributed by atoms with Crippen molar-refractivity contribution >= 4 is 55.8 Å². The number of nitrogens with one attached hydrogen (secondary N) is 1. The predicted octanol–water partition coefficient (Wildman–Crippen LogP) is 5.07. The van der Waals surface area contributed by atoms with Crippen molar-refractivity contribution in [3.8, 4) is 9.88 Å². The molecule has 0 bridgehead atoms. The molecule has 8 heteroatoms. The SMILES string of the molecule is CC(C)c1nc(CNC(=O)Cc2csc(-c3cc(Br)cs3)n2)cs1. The molecule has 1 N–H and O–H groups in total. The van der Waals surface area contributed by atoms with E-state index in [4.69, 9.17) is 0 Å². The zero-order valence-electron chi connectivity index (χ0n) is 13.2. The van der Waals surface area contributed by atoms with Gasteiger partial charge in [-0.15, -0.1) is 34.0 Å². The number of halogens is 1. The van der Waals surface area contributed by atoms with Gasteiger partial charge in [-0.05, 0) is 22.0 Å². The van der Waals surface area contributed by atoms with Crippen LogP contribution in [0.5, 0.6) is 0 Å². The molecule has 24 heavy (non-hydrogen) atoms. The Morgan fingerprint density at radius 1 is 1.17 bits per heavy atom. The third-order valence-electron chi connectivity index (χ3n) is 3.20. The van der Waals surface area contributed by atoms with E-state index in [1.165, 1.54) is 0 Å². The quantitative estimate of drug-likeness (QED) is 0.580. The summed E-state index contributed by atoms with van der Waals surface area (Å²) in [5.41, 5.74) is 1.72. The summed E-state index contributed by atoms with van der Waals surface area (Å²) in [5.74, 6) is 0.392. The Kier molecular flexibility index (Phi) is 5.80. The van der Waals surface area contributed by atoms with E-state index in [1.54, 1.807) is 34.0 Å². The largest absolute Gasteiger partial charge is 0.350 e. The molecule has 0 radical (unpaired) electrons. The second kappa shape index (κ2) is 7.86. The Morgan fingerprint density at radius 3 is 2.62 bits per heavy atom. The van der Waals surface area contributed by atoms with Gasteiger partial charge in [0.15, 0.2) is 0 Å². The number of amides is 1. The van der Waals surface area contributed by atoms with Crippen LogP contribution >= 0.6 is 49.9 Å². The fourth-order valence-electron chi connectivity index (χ4n) is 2.01. The molecule has 0 unspecified atom stereocenters. The number of aromatic nitrogens is 2. The number of carbonyl (C=O) groups excluding carboxylic acids is 1. The average Bonchev–Trinajstić information content (AvgIpc) is 3.25. The van der Waals surface area contributed by atoms with Gasteiger partial charge in [0, 0.05) is 26.5 Å². The molecule has 0 saturated heterocycles. The van der Waals surface area contributed by atoms with Crippen LogP contribution in [0.1, 0.15) is 36.2 Å². The molecule has 3 heterocycles. The van der Waals surface area contributed by atoms with Crippen molar-refractivity contribution in [2.24, 2.45) is 0 Å². The molecule has 0 saturated carbocycles. The van der Waals surface area contributed by atoms with E-state index in [-0.39, 0.29) is 5.91 Å².